The number of piperidine rings is 1. The van der Waals surface area contributed by atoms with Gasteiger partial charge in [0.05, 0.1) is 10.6 Å². The van der Waals surface area contributed by atoms with Crippen LogP contribution in [0.1, 0.15) is 36.0 Å². The van der Waals surface area contributed by atoms with Crippen molar-refractivity contribution in [3.8, 4) is 0 Å². The summed E-state index contributed by atoms with van der Waals surface area (Å²) in [6.45, 7) is 3.84. The number of halogens is 1. The molecule has 6 heteroatoms. The fourth-order valence-corrected chi connectivity index (χ4v) is 3.49. The lowest BCUT2D eigenvalue weighted by atomic mass is 9.99. The zero-order valence-electron chi connectivity index (χ0n) is 12.6. The van der Waals surface area contributed by atoms with Crippen molar-refractivity contribution in [3.63, 3.8) is 0 Å². The summed E-state index contributed by atoms with van der Waals surface area (Å²) in [4.78, 5) is 18.7. The molecule has 1 aromatic heterocycles. The Balaban J connectivity index is 1.49. The van der Waals surface area contributed by atoms with Crippen molar-refractivity contribution >= 4 is 17.5 Å². The first-order valence-corrected chi connectivity index (χ1v) is 8.34. The molecule has 0 unspecified atom stereocenters. The highest BCUT2D eigenvalue weighted by molar-refractivity contribution is 6.33. The van der Waals surface area contributed by atoms with E-state index in [2.05, 4.69) is 15.2 Å². The normalized spacial score (nSPS) is 21.7. The van der Waals surface area contributed by atoms with E-state index in [0.717, 1.165) is 52.0 Å². The van der Waals surface area contributed by atoms with Crippen LogP contribution in [-0.2, 0) is 4.74 Å². The number of aromatic nitrogens is 1. The molecule has 0 radical (unpaired) electrons. The average molecular weight is 324 g/mol. The number of carbonyl (C=O) groups is 1. The molecule has 0 saturated carbocycles. The summed E-state index contributed by atoms with van der Waals surface area (Å²) in [7, 11) is 0. The molecule has 2 fully saturated rings. The van der Waals surface area contributed by atoms with Crippen molar-refractivity contribution in [2.45, 2.75) is 37.8 Å². The zero-order chi connectivity index (χ0) is 15.4. The molecule has 2 aliphatic heterocycles. The van der Waals surface area contributed by atoms with Crippen LogP contribution in [0.15, 0.2) is 18.5 Å². The Bertz CT molecular complexity index is 512. The SMILES string of the molecule is O=C(NC1CCN(C2CCOCC2)CC1)c1ccncc1Cl. The van der Waals surface area contributed by atoms with E-state index in [0.29, 0.717) is 16.6 Å². The van der Waals surface area contributed by atoms with E-state index in [1.165, 1.54) is 6.20 Å². The molecule has 0 bridgehead atoms. The Labute approximate surface area is 136 Å². The van der Waals surface area contributed by atoms with Crippen molar-refractivity contribution in [2.24, 2.45) is 0 Å². The number of amides is 1. The molecule has 2 saturated heterocycles. The van der Waals surface area contributed by atoms with E-state index < -0.39 is 0 Å². The zero-order valence-corrected chi connectivity index (χ0v) is 13.4. The van der Waals surface area contributed by atoms with Gasteiger partial charge in [-0.15, -0.1) is 0 Å². The van der Waals surface area contributed by atoms with Crippen LogP contribution in [0.3, 0.4) is 0 Å². The Kier molecular flexibility index (Phi) is 5.28. The van der Waals surface area contributed by atoms with Gasteiger partial charge in [-0.3, -0.25) is 9.78 Å². The summed E-state index contributed by atoms with van der Waals surface area (Å²) in [5.41, 5.74) is 0.503. The lowest BCUT2D eigenvalue weighted by Gasteiger charge is -2.39. The van der Waals surface area contributed by atoms with E-state index in [-0.39, 0.29) is 11.9 Å². The quantitative estimate of drug-likeness (QED) is 0.925. The van der Waals surface area contributed by atoms with Gasteiger partial charge in [0.1, 0.15) is 0 Å². The molecule has 3 rings (SSSR count). The van der Waals surface area contributed by atoms with Gasteiger partial charge in [0.2, 0.25) is 0 Å². The van der Waals surface area contributed by atoms with E-state index in [1.807, 2.05) is 0 Å². The highest BCUT2D eigenvalue weighted by atomic mass is 35.5. The van der Waals surface area contributed by atoms with Crippen LogP contribution in [0.4, 0.5) is 0 Å². The second-order valence-electron chi connectivity index (χ2n) is 5.98. The average Bonchev–Trinajstić information content (AvgIpc) is 2.57. The molecule has 1 aromatic rings. The number of pyridine rings is 1. The van der Waals surface area contributed by atoms with E-state index >= 15 is 0 Å². The van der Waals surface area contributed by atoms with Gasteiger partial charge in [-0.25, -0.2) is 0 Å². The first kappa shape index (κ1) is 15.7. The number of nitrogens with one attached hydrogen (secondary N) is 1. The summed E-state index contributed by atoms with van der Waals surface area (Å²) < 4.78 is 5.42. The summed E-state index contributed by atoms with van der Waals surface area (Å²) in [5, 5.41) is 3.50. The molecule has 0 aromatic carbocycles. The fraction of sp³-hybridized carbons (Fsp3) is 0.625. The first-order chi connectivity index (χ1) is 10.7. The maximum atomic E-state index is 12.3. The molecule has 0 spiro atoms. The van der Waals surface area contributed by atoms with Crippen LogP contribution in [0.2, 0.25) is 5.02 Å². The molecule has 3 heterocycles. The third kappa shape index (κ3) is 3.77. The molecule has 1 amide bonds. The smallest absolute Gasteiger partial charge is 0.253 e. The van der Waals surface area contributed by atoms with Gasteiger partial charge in [0.15, 0.2) is 0 Å². The Morgan fingerprint density at radius 1 is 1.27 bits per heavy atom. The van der Waals surface area contributed by atoms with Crippen molar-refractivity contribution in [1.29, 1.82) is 0 Å². The topological polar surface area (TPSA) is 54.5 Å². The minimum Gasteiger partial charge on any atom is -0.381 e. The van der Waals surface area contributed by atoms with Gasteiger partial charge in [-0.05, 0) is 31.7 Å². The van der Waals surface area contributed by atoms with Gasteiger partial charge in [-0.1, -0.05) is 11.6 Å². The lowest BCUT2D eigenvalue weighted by molar-refractivity contribution is 0.0238. The van der Waals surface area contributed by atoms with E-state index in [4.69, 9.17) is 16.3 Å². The van der Waals surface area contributed by atoms with Gasteiger partial charge in [0.25, 0.3) is 5.91 Å². The second kappa shape index (κ2) is 7.40. The summed E-state index contributed by atoms with van der Waals surface area (Å²) in [6, 6.07) is 2.54. The minimum absolute atomic E-state index is 0.100. The van der Waals surface area contributed by atoms with Crippen LogP contribution >= 0.6 is 11.6 Å². The number of likely N-dealkylation sites (tertiary alicyclic amines) is 1. The maximum absolute atomic E-state index is 12.3. The molecular formula is C16H22ClN3O2. The maximum Gasteiger partial charge on any atom is 0.253 e. The lowest BCUT2D eigenvalue weighted by Crippen LogP contribution is -2.49. The molecular weight excluding hydrogens is 302 g/mol. The highest BCUT2D eigenvalue weighted by Crippen LogP contribution is 2.20. The number of carbonyl (C=O) groups excluding carboxylic acids is 1. The summed E-state index contributed by atoms with van der Waals surface area (Å²) in [5.74, 6) is -0.100. The number of nitrogens with zero attached hydrogens (tertiary/aromatic N) is 2. The first-order valence-electron chi connectivity index (χ1n) is 7.96. The van der Waals surface area contributed by atoms with Crippen molar-refractivity contribution < 1.29 is 9.53 Å². The van der Waals surface area contributed by atoms with Gasteiger partial charge >= 0.3 is 0 Å². The van der Waals surface area contributed by atoms with Gasteiger partial charge < -0.3 is 15.0 Å². The van der Waals surface area contributed by atoms with Gasteiger partial charge in [-0.2, -0.15) is 0 Å². The molecule has 1 N–H and O–H groups in total. The predicted molar refractivity (Wildman–Crippen MR) is 85.1 cm³/mol. The number of rotatable bonds is 3. The minimum atomic E-state index is -0.100. The molecule has 0 aliphatic carbocycles. The number of ether oxygens (including phenoxy) is 1. The van der Waals surface area contributed by atoms with Crippen LogP contribution in [0.5, 0.6) is 0 Å². The molecule has 0 atom stereocenters. The Morgan fingerprint density at radius 2 is 2.00 bits per heavy atom. The monoisotopic (exact) mass is 323 g/mol. The second-order valence-corrected chi connectivity index (χ2v) is 6.39. The van der Waals surface area contributed by atoms with E-state index in [9.17, 15) is 4.79 Å². The molecule has 2 aliphatic rings. The third-order valence-corrected chi connectivity index (χ3v) is 4.89. The van der Waals surface area contributed by atoms with Gasteiger partial charge in [0, 0.05) is 50.8 Å². The standard InChI is InChI=1S/C16H22ClN3O2/c17-15-11-18-6-1-14(15)16(21)19-12-2-7-20(8-3-12)13-4-9-22-10-5-13/h1,6,11-13H,2-5,7-10H2,(H,19,21). The Morgan fingerprint density at radius 3 is 2.68 bits per heavy atom. The van der Waals surface area contributed by atoms with Crippen LogP contribution < -0.4 is 5.32 Å². The molecule has 5 nitrogen and oxygen atoms in total. The largest absolute Gasteiger partial charge is 0.381 e. The predicted octanol–water partition coefficient (Wildman–Crippen LogP) is 2.11. The van der Waals surface area contributed by atoms with E-state index in [1.54, 1.807) is 12.3 Å². The molecule has 22 heavy (non-hydrogen) atoms. The van der Waals surface area contributed by atoms with Crippen molar-refractivity contribution in [3.05, 3.63) is 29.0 Å². The van der Waals surface area contributed by atoms with Crippen molar-refractivity contribution in [2.75, 3.05) is 26.3 Å². The van der Waals surface area contributed by atoms with Crippen LogP contribution in [0.25, 0.3) is 0 Å². The molecule has 120 valence electrons. The number of hydrogen-bond acceptors (Lipinski definition) is 4. The summed E-state index contributed by atoms with van der Waals surface area (Å²) in [6.07, 6.45) is 7.34. The van der Waals surface area contributed by atoms with Crippen LogP contribution in [-0.4, -0.2) is 54.2 Å². The Hall–Kier alpha value is -1.17. The fourth-order valence-electron chi connectivity index (χ4n) is 3.28. The summed E-state index contributed by atoms with van der Waals surface area (Å²) >= 11 is 6.02. The van der Waals surface area contributed by atoms with Crippen molar-refractivity contribution in [1.82, 2.24) is 15.2 Å². The third-order valence-electron chi connectivity index (χ3n) is 4.59. The highest BCUT2D eigenvalue weighted by Gasteiger charge is 2.27. The number of hydrogen-bond donors (Lipinski definition) is 1. The van der Waals surface area contributed by atoms with Crippen LogP contribution in [0, 0.1) is 0 Å².